The number of sulfonamides is 1. The van der Waals surface area contributed by atoms with Gasteiger partial charge in [-0.05, 0) is 47.9 Å². The summed E-state index contributed by atoms with van der Waals surface area (Å²) in [5.74, 6) is -0.498. The Morgan fingerprint density at radius 2 is 1.44 bits per heavy atom. The van der Waals surface area contributed by atoms with Crippen molar-refractivity contribution >= 4 is 44.8 Å². The van der Waals surface area contributed by atoms with E-state index in [1.807, 2.05) is 61.5 Å². The average Bonchev–Trinajstić information content (AvgIpc) is 2.89. The van der Waals surface area contributed by atoms with Crippen molar-refractivity contribution in [1.29, 1.82) is 0 Å². The van der Waals surface area contributed by atoms with E-state index in [1.165, 1.54) is 18.2 Å². The van der Waals surface area contributed by atoms with Crippen LogP contribution in [0, 0.1) is 6.92 Å². The minimum Gasteiger partial charge on any atom is -0.344 e. The first-order valence-corrected chi connectivity index (χ1v) is 13.4. The number of carbonyl (C=O) groups excluding carboxylic acids is 1. The Morgan fingerprint density at radius 3 is 2.11 bits per heavy atom. The van der Waals surface area contributed by atoms with E-state index in [4.69, 9.17) is 23.2 Å². The van der Waals surface area contributed by atoms with Gasteiger partial charge in [0, 0.05) is 0 Å². The predicted octanol–water partition coefficient (Wildman–Crippen LogP) is 6.40. The Balaban J connectivity index is 1.73. The minimum absolute atomic E-state index is 0.0346. The number of aryl methyl sites for hydroxylation is 1. The summed E-state index contributed by atoms with van der Waals surface area (Å²) < 4.78 is 28.3. The molecule has 184 valence electrons. The quantitative estimate of drug-likeness (QED) is 0.282. The van der Waals surface area contributed by atoms with Gasteiger partial charge in [0.2, 0.25) is 5.91 Å². The average molecular weight is 539 g/mol. The Hall–Kier alpha value is -3.32. The van der Waals surface area contributed by atoms with Crippen molar-refractivity contribution in [3.05, 3.63) is 130 Å². The topological polar surface area (TPSA) is 66.5 Å². The number of nitrogens with one attached hydrogen (secondary N) is 1. The molecule has 1 atom stereocenters. The van der Waals surface area contributed by atoms with Gasteiger partial charge in [0.05, 0.1) is 26.7 Å². The molecule has 0 aliphatic rings. The van der Waals surface area contributed by atoms with Crippen LogP contribution in [0.5, 0.6) is 0 Å². The van der Waals surface area contributed by atoms with Crippen molar-refractivity contribution in [3.63, 3.8) is 0 Å². The minimum atomic E-state index is -4.13. The smallest absolute Gasteiger partial charge is 0.264 e. The van der Waals surface area contributed by atoms with E-state index in [2.05, 4.69) is 5.32 Å². The highest BCUT2D eigenvalue weighted by Gasteiger charge is 2.30. The molecule has 4 aromatic rings. The molecule has 0 fully saturated rings. The molecule has 0 saturated heterocycles. The summed E-state index contributed by atoms with van der Waals surface area (Å²) in [5, 5.41) is 3.26. The number of nitrogens with zero attached hydrogens (tertiary/aromatic N) is 1. The first kappa shape index (κ1) is 25.8. The first-order chi connectivity index (χ1) is 17.3. The van der Waals surface area contributed by atoms with Gasteiger partial charge in [0.15, 0.2) is 0 Å². The highest BCUT2D eigenvalue weighted by Crippen LogP contribution is 2.35. The van der Waals surface area contributed by atoms with E-state index < -0.39 is 28.5 Å². The third-order valence-corrected chi connectivity index (χ3v) is 8.34. The van der Waals surface area contributed by atoms with Crippen molar-refractivity contribution in [2.24, 2.45) is 0 Å². The number of hydrogen-bond donors (Lipinski definition) is 1. The summed E-state index contributed by atoms with van der Waals surface area (Å²) >= 11 is 12.6. The van der Waals surface area contributed by atoms with Crippen molar-refractivity contribution in [2.45, 2.75) is 17.9 Å². The van der Waals surface area contributed by atoms with E-state index >= 15 is 0 Å². The summed E-state index contributed by atoms with van der Waals surface area (Å²) in [6, 6.07) is 29.4. The summed E-state index contributed by atoms with van der Waals surface area (Å²) in [5.41, 5.74) is 2.90. The predicted molar refractivity (Wildman–Crippen MR) is 145 cm³/mol. The van der Waals surface area contributed by atoms with Crippen LogP contribution in [0.1, 0.15) is 22.7 Å². The highest BCUT2D eigenvalue weighted by atomic mass is 35.5. The second-order valence-corrected chi connectivity index (χ2v) is 10.8. The molecule has 5 nitrogen and oxygen atoms in total. The van der Waals surface area contributed by atoms with E-state index in [-0.39, 0.29) is 20.6 Å². The van der Waals surface area contributed by atoms with Crippen LogP contribution in [0.4, 0.5) is 5.69 Å². The molecule has 0 bridgehead atoms. The zero-order chi connectivity index (χ0) is 25.7. The Morgan fingerprint density at radius 1 is 0.833 bits per heavy atom. The second-order valence-electron chi connectivity index (χ2n) is 8.17. The number of benzene rings is 4. The van der Waals surface area contributed by atoms with Crippen LogP contribution in [0.3, 0.4) is 0 Å². The lowest BCUT2D eigenvalue weighted by Gasteiger charge is -2.27. The molecular formula is C28H24Cl2N2O3S. The number of anilines is 1. The Labute approximate surface area is 221 Å². The van der Waals surface area contributed by atoms with Crippen LogP contribution < -0.4 is 9.62 Å². The van der Waals surface area contributed by atoms with Gasteiger partial charge < -0.3 is 5.32 Å². The molecule has 0 aliphatic heterocycles. The van der Waals surface area contributed by atoms with Gasteiger partial charge in [-0.15, -0.1) is 0 Å². The maximum absolute atomic E-state index is 13.7. The van der Waals surface area contributed by atoms with Crippen LogP contribution in [-0.2, 0) is 14.8 Å². The van der Waals surface area contributed by atoms with Gasteiger partial charge >= 0.3 is 0 Å². The number of hydrogen-bond acceptors (Lipinski definition) is 3. The number of amides is 1. The molecule has 0 unspecified atom stereocenters. The maximum atomic E-state index is 13.7. The van der Waals surface area contributed by atoms with Crippen LogP contribution in [0.15, 0.2) is 108 Å². The van der Waals surface area contributed by atoms with E-state index in [1.54, 1.807) is 30.3 Å². The molecule has 0 heterocycles. The molecule has 1 amide bonds. The zero-order valence-corrected chi connectivity index (χ0v) is 21.8. The highest BCUT2D eigenvalue weighted by molar-refractivity contribution is 7.92. The number of halogens is 2. The molecule has 0 radical (unpaired) electrons. The molecule has 0 aromatic heterocycles. The lowest BCUT2D eigenvalue weighted by atomic mass is 9.95. The monoisotopic (exact) mass is 538 g/mol. The second kappa shape index (κ2) is 11.2. The summed E-state index contributed by atoms with van der Waals surface area (Å²) in [6.07, 6.45) is 0. The lowest BCUT2D eigenvalue weighted by Crippen LogP contribution is -2.42. The van der Waals surface area contributed by atoms with Crippen LogP contribution >= 0.6 is 23.2 Å². The summed E-state index contributed by atoms with van der Waals surface area (Å²) in [4.78, 5) is 13.5. The zero-order valence-electron chi connectivity index (χ0n) is 19.4. The van der Waals surface area contributed by atoms with Gasteiger partial charge in [-0.2, -0.15) is 0 Å². The summed E-state index contributed by atoms with van der Waals surface area (Å²) in [6.45, 7) is 1.47. The van der Waals surface area contributed by atoms with Crippen molar-refractivity contribution < 1.29 is 13.2 Å². The molecule has 0 spiro atoms. The lowest BCUT2D eigenvalue weighted by molar-refractivity contribution is -0.120. The van der Waals surface area contributed by atoms with Crippen molar-refractivity contribution in [2.75, 3.05) is 10.8 Å². The molecule has 36 heavy (non-hydrogen) atoms. The molecule has 0 aliphatic carbocycles. The third kappa shape index (κ3) is 5.57. The van der Waals surface area contributed by atoms with Crippen LogP contribution in [0.2, 0.25) is 10.0 Å². The third-order valence-electron chi connectivity index (χ3n) is 5.76. The fraction of sp³-hybridized carbons (Fsp3) is 0.107. The Kier molecular flexibility index (Phi) is 7.99. The van der Waals surface area contributed by atoms with Gasteiger partial charge in [-0.25, -0.2) is 8.42 Å². The Bertz CT molecular complexity index is 1460. The van der Waals surface area contributed by atoms with Gasteiger partial charge in [0.25, 0.3) is 10.0 Å². The molecule has 4 rings (SSSR count). The molecule has 8 heteroatoms. The largest absolute Gasteiger partial charge is 0.344 e. The van der Waals surface area contributed by atoms with Crippen molar-refractivity contribution in [1.82, 2.24) is 5.32 Å². The van der Waals surface area contributed by atoms with E-state index in [0.717, 1.165) is 21.0 Å². The van der Waals surface area contributed by atoms with Gasteiger partial charge in [0.1, 0.15) is 6.54 Å². The molecule has 4 aromatic carbocycles. The fourth-order valence-electron chi connectivity index (χ4n) is 3.94. The van der Waals surface area contributed by atoms with Crippen LogP contribution in [-0.4, -0.2) is 20.9 Å². The SMILES string of the molecule is Cc1ccccc1[C@H](NC(=O)CN(c1cccc(Cl)c1Cl)S(=O)(=O)c1ccccc1)c1ccccc1. The van der Waals surface area contributed by atoms with E-state index in [0.29, 0.717) is 0 Å². The number of carbonyl (C=O) groups is 1. The first-order valence-electron chi connectivity index (χ1n) is 11.2. The standard InChI is InChI=1S/C28H24Cl2N2O3S/c1-20-11-8-9-16-23(20)28(21-12-4-2-5-13-21)31-26(33)19-32(25-18-10-17-24(29)27(25)30)36(34,35)22-14-6-3-7-15-22/h2-18,28H,19H2,1H3,(H,31,33)/t28-/m1/s1. The maximum Gasteiger partial charge on any atom is 0.264 e. The van der Waals surface area contributed by atoms with Crippen molar-refractivity contribution in [3.8, 4) is 0 Å². The molecular weight excluding hydrogens is 515 g/mol. The fourth-order valence-corrected chi connectivity index (χ4v) is 5.84. The van der Waals surface area contributed by atoms with Gasteiger partial charge in [-0.3, -0.25) is 9.10 Å². The van der Waals surface area contributed by atoms with Gasteiger partial charge in [-0.1, -0.05) is 102 Å². The van der Waals surface area contributed by atoms with Crippen LogP contribution in [0.25, 0.3) is 0 Å². The summed E-state index contributed by atoms with van der Waals surface area (Å²) in [7, 11) is -4.13. The number of rotatable bonds is 8. The molecule has 1 N–H and O–H groups in total. The van der Waals surface area contributed by atoms with E-state index in [9.17, 15) is 13.2 Å². The normalized spacial score (nSPS) is 12.1. The molecule has 0 saturated carbocycles.